The van der Waals surface area contributed by atoms with Crippen LogP contribution in [0, 0.1) is 11.3 Å². The molecule has 33 heavy (non-hydrogen) atoms. The molecule has 1 aromatic carbocycles. The third-order valence-electron chi connectivity index (χ3n) is 5.28. The Balaban J connectivity index is 1.57. The predicted octanol–water partition coefficient (Wildman–Crippen LogP) is 2.09. The summed E-state index contributed by atoms with van der Waals surface area (Å²) in [5, 5.41) is 8.83. The molecule has 1 fully saturated rings. The van der Waals surface area contributed by atoms with Crippen LogP contribution in [0.3, 0.4) is 0 Å². The first-order valence-corrected chi connectivity index (χ1v) is 10.8. The fourth-order valence-electron chi connectivity index (χ4n) is 3.63. The monoisotopic (exact) mass is 450 g/mol. The van der Waals surface area contributed by atoms with Crippen LogP contribution >= 0.6 is 0 Å². The van der Waals surface area contributed by atoms with E-state index in [0.717, 1.165) is 0 Å². The minimum atomic E-state index is -0.646. The molecule has 9 heteroatoms. The van der Waals surface area contributed by atoms with Crippen molar-refractivity contribution in [1.29, 1.82) is 5.26 Å². The van der Waals surface area contributed by atoms with Crippen LogP contribution in [-0.4, -0.2) is 65.4 Å². The van der Waals surface area contributed by atoms with E-state index in [4.69, 9.17) is 14.7 Å². The smallest absolute Gasteiger partial charge is 0.312 e. The van der Waals surface area contributed by atoms with Crippen LogP contribution in [0.2, 0.25) is 0 Å². The average molecular weight is 450 g/mol. The lowest BCUT2D eigenvalue weighted by Crippen LogP contribution is -2.55. The van der Waals surface area contributed by atoms with Gasteiger partial charge in [-0.3, -0.25) is 19.4 Å². The number of hydrogen-bond donors (Lipinski definition) is 0. The number of nitriles is 1. The summed E-state index contributed by atoms with van der Waals surface area (Å²) < 4.78 is 10.7. The van der Waals surface area contributed by atoms with Crippen molar-refractivity contribution in [2.75, 3.05) is 32.8 Å². The van der Waals surface area contributed by atoms with Crippen molar-refractivity contribution >= 4 is 17.8 Å². The number of hydrogen-bond acceptors (Lipinski definition) is 7. The van der Waals surface area contributed by atoms with Gasteiger partial charge in [0.15, 0.2) is 0 Å². The molecule has 9 nitrogen and oxygen atoms in total. The predicted molar refractivity (Wildman–Crippen MR) is 118 cm³/mol. The van der Waals surface area contributed by atoms with Gasteiger partial charge in [0.1, 0.15) is 5.75 Å². The number of benzene rings is 1. The second-order valence-corrected chi connectivity index (χ2v) is 7.44. The first-order chi connectivity index (χ1) is 16.0. The molecule has 1 saturated heterocycles. The van der Waals surface area contributed by atoms with Crippen LogP contribution in [0.4, 0.5) is 0 Å². The standard InChI is InChI=1S/C24H26N4O5/c1-2-32-22(29)15-21(19-5-3-10-26-17-19)28-13-12-27(23(30)24(28)31)11-4-14-33-20-8-6-18(16-25)7-9-20/h3,5-10,17,21H,2,4,11-15H2,1H3. The molecule has 1 aliphatic rings. The number of pyridine rings is 1. The van der Waals surface area contributed by atoms with Crippen LogP contribution < -0.4 is 4.74 Å². The largest absolute Gasteiger partial charge is 0.494 e. The Kier molecular flexibility index (Phi) is 8.36. The van der Waals surface area contributed by atoms with Crippen molar-refractivity contribution in [1.82, 2.24) is 14.8 Å². The second kappa shape index (κ2) is 11.6. The van der Waals surface area contributed by atoms with Gasteiger partial charge in [-0.1, -0.05) is 6.07 Å². The van der Waals surface area contributed by atoms with Gasteiger partial charge >= 0.3 is 17.8 Å². The Hall–Kier alpha value is -3.93. The summed E-state index contributed by atoms with van der Waals surface area (Å²) in [5.41, 5.74) is 1.23. The van der Waals surface area contributed by atoms with Gasteiger partial charge in [-0.15, -0.1) is 0 Å². The summed E-state index contributed by atoms with van der Waals surface area (Å²) in [5.74, 6) is -1.04. The van der Waals surface area contributed by atoms with E-state index in [1.54, 1.807) is 55.7 Å². The van der Waals surface area contributed by atoms with Gasteiger partial charge in [-0.25, -0.2) is 0 Å². The molecule has 0 N–H and O–H groups in total. The molecular formula is C24H26N4O5. The lowest BCUT2D eigenvalue weighted by Gasteiger charge is -2.38. The zero-order chi connectivity index (χ0) is 23.6. The number of piperazine rings is 1. The van der Waals surface area contributed by atoms with E-state index in [-0.39, 0.29) is 13.0 Å². The maximum absolute atomic E-state index is 12.9. The third-order valence-corrected chi connectivity index (χ3v) is 5.28. The van der Waals surface area contributed by atoms with Gasteiger partial charge in [0.05, 0.1) is 37.3 Å². The minimum absolute atomic E-state index is 0.0447. The quantitative estimate of drug-likeness (QED) is 0.309. The molecule has 0 saturated carbocycles. The van der Waals surface area contributed by atoms with Crippen LogP contribution in [0.5, 0.6) is 5.75 Å². The van der Waals surface area contributed by atoms with Crippen molar-refractivity contribution in [3.05, 3.63) is 59.9 Å². The van der Waals surface area contributed by atoms with Gasteiger partial charge in [0.2, 0.25) is 0 Å². The molecule has 2 aromatic rings. The molecule has 0 bridgehead atoms. The Bertz CT molecular complexity index is 1000. The normalized spacial score (nSPS) is 14.5. The molecule has 1 unspecified atom stereocenters. The number of rotatable bonds is 10. The SMILES string of the molecule is CCOC(=O)CC(c1cccnc1)N1CCN(CCCOc2ccc(C#N)cc2)C(=O)C1=O. The van der Waals surface area contributed by atoms with Gasteiger partial charge in [-0.2, -0.15) is 5.26 Å². The van der Waals surface area contributed by atoms with E-state index in [9.17, 15) is 14.4 Å². The highest BCUT2D eigenvalue weighted by Gasteiger charge is 2.37. The number of esters is 1. The number of amides is 2. The molecule has 172 valence electrons. The van der Waals surface area contributed by atoms with Gasteiger partial charge < -0.3 is 19.3 Å². The molecular weight excluding hydrogens is 424 g/mol. The zero-order valence-electron chi connectivity index (χ0n) is 18.5. The highest BCUT2D eigenvalue weighted by molar-refractivity contribution is 6.35. The second-order valence-electron chi connectivity index (χ2n) is 7.44. The van der Waals surface area contributed by atoms with Crippen molar-refractivity contribution in [2.24, 2.45) is 0 Å². The van der Waals surface area contributed by atoms with Crippen molar-refractivity contribution in [2.45, 2.75) is 25.8 Å². The van der Waals surface area contributed by atoms with Gasteiger partial charge in [-0.05, 0) is 49.2 Å². The molecule has 0 radical (unpaired) electrons. The summed E-state index contributed by atoms with van der Waals surface area (Å²) in [4.78, 5) is 44.8. The summed E-state index contributed by atoms with van der Waals surface area (Å²) in [6.45, 7) is 3.37. The van der Waals surface area contributed by atoms with E-state index in [0.29, 0.717) is 49.5 Å². The van der Waals surface area contributed by atoms with Crippen molar-refractivity contribution in [3.63, 3.8) is 0 Å². The molecule has 0 aliphatic carbocycles. The van der Waals surface area contributed by atoms with Gasteiger partial charge in [0.25, 0.3) is 0 Å². The molecule has 3 rings (SSSR count). The number of ether oxygens (including phenoxy) is 2. The van der Waals surface area contributed by atoms with E-state index in [1.807, 2.05) is 6.07 Å². The van der Waals surface area contributed by atoms with E-state index >= 15 is 0 Å². The topological polar surface area (TPSA) is 113 Å². The molecule has 0 spiro atoms. The van der Waals surface area contributed by atoms with Crippen LogP contribution in [0.1, 0.15) is 36.9 Å². The summed E-state index contributed by atoms with van der Waals surface area (Å²) in [7, 11) is 0. The first-order valence-electron chi connectivity index (χ1n) is 10.8. The fourth-order valence-corrected chi connectivity index (χ4v) is 3.63. The van der Waals surface area contributed by atoms with Gasteiger partial charge in [0, 0.05) is 32.0 Å². The molecule has 1 aliphatic heterocycles. The Morgan fingerprint density at radius 3 is 2.64 bits per heavy atom. The molecule has 1 aromatic heterocycles. The van der Waals surface area contributed by atoms with Crippen molar-refractivity contribution in [3.8, 4) is 11.8 Å². The molecule has 2 heterocycles. The summed E-state index contributed by atoms with van der Waals surface area (Å²) in [6.07, 6.45) is 3.70. The van der Waals surface area contributed by atoms with Crippen LogP contribution in [0.15, 0.2) is 48.8 Å². The highest BCUT2D eigenvalue weighted by Crippen LogP contribution is 2.26. The Morgan fingerprint density at radius 1 is 1.18 bits per heavy atom. The number of carbonyl (C=O) groups excluding carboxylic acids is 3. The van der Waals surface area contributed by atoms with E-state index in [1.165, 1.54) is 9.80 Å². The fraction of sp³-hybridized carbons (Fsp3) is 0.375. The van der Waals surface area contributed by atoms with Crippen molar-refractivity contribution < 1.29 is 23.9 Å². The number of aromatic nitrogens is 1. The molecule has 1 atom stereocenters. The maximum Gasteiger partial charge on any atom is 0.312 e. The van der Waals surface area contributed by atoms with Crippen LogP contribution in [0.25, 0.3) is 0 Å². The highest BCUT2D eigenvalue weighted by atomic mass is 16.5. The number of nitrogens with zero attached hydrogens (tertiary/aromatic N) is 4. The average Bonchev–Trinajstić information content (AvgIpc) is 2.84. The molecule has 2 amide bonds. The minimum Gasteiger partial charge on any atom is -0.494 e. The Labute approximate surface area is 192 Å². The first kappa shape index (κ1) is 23.7. The summed E-state index contributed by atoms with van der Waals surface area (Å²) >= 11 is 0. The lowest BCUT2D eigenvalue weighted by molar-refractivity contribution is -0.159. The number of carbonyl (C=O) groups is 3. The maximum atomic E-state index is 12.9. The summed E-state index contributed by atoms with van der Waals surface area (Å²) in [6, 6.07) is 11.7. The van der Waals surface area contributed by atoms with E-state index < -0.39 is 23.8 Å². The van der Waals surface area contributed by atoms with Crippen LogP contribution in [-0.2, 0) is 19.1 Å². The third kappa shape index (κ3) is 6.29. The lowest BCUT2D eigenvalue weighted by atomic mass is 10.0. The van der Waals surface area contributed by atoms with E-state index in [2.05, 4.69) is 4.98 Å². The zero-order valence-corrected chi connectivity index (χ0v) is 18.5. The Morgan fingerprint density at radius 2 is 1.97 bits per heavy atom.